The first-order valence-corrected chi connectivity index (χ1v) is 15.4. The van der Waals surface area contributed by atoms with Gasteiger partial charge in [-0.05, 0) is 44.7 Å². The molecular weight excluding hydrogens is 601 g/mol. The van der Waals surface area contributed by atoms with Gasteiger partial charge in [-0.15, -0.1) is 22.7 Å². The van der Waals surface area contributed by atoms with Crippen LogP contribution in [0.2, 0.25) is 0 Å². The number of halogens is 3. The Kier molecular flexibility index (Phi) is 5.50. The van der Waals surface area contributed by atoms with Crippen LogP contribution in [0.4, 0.5) is 30.1 Å². The largest absolute Gasteiger partial charge is 0.480 e. The molecule has 15 heteroatoms. The maximum atomic E-state index is 14.0. The highest BCUT2D eigenvalue weighted by Gasteiger charge is 2.92. The van der Waals surface area contributed by atoms with E-state index in [4.69, 9.17) is 4.74 Å². The highest BCUT2D eigenvalue weighted by Crippen LogP contribution is 2.84. The number of nitrogens with zero attached hydrogens (tertiary/aromatic N) is 7. The predicted molar refractivity (Wildman–Crippen MR) is 154 cm³/mol. The van der Waals surface area contributed by atoms with Crippen molar-refractivity contribution < 1.29 is 22.7 Å². The molecule has 1 N–H and O–H groups in total. The van der Waals surface area contributed by atoms with Gasteiger partial charge in [0, 0.05) is 42.3 Å². The monoisotopic (exact) mass is 626 g/mol. The number of anilines is 3. The zero-order chi connectivity index (χ0) is 29.9. The van der Waals surface area contributed by atoms with Crippen molar-refractivity contribution in [2.24, 2.45) is 11.3 Å². The van der Waals surface area contributed by atoms with Crippen LogP contribution < -0.4 is 15.0 Å². The highest BCUT2D eigenvalue weighted by atomic mass is 32.1. The van der Waals surface area contributed by atoms with Crippen LogP contribution >= 0.6 is 22.7 Å². The van der Waals surface area contributed by atoms with Gasteiger partial charge in [0.1, 0.15) is 11.4 Å². The SMILES string of the molecule is COc1nc(Nc2nc(-c3sc(C)nc3C)cs2)ccc1C(=O)N1[C@@H]2[C@H]3CN(c4ncc(C(F)(F)F)cn4)CC14CC24C3. The van der Waals surface area contributed by atoms with E-state index in [2.05, 4.69) is 30.2 Å². The number of alkyl halides is 3. The van der Waals surface area contributed by atoms with Crippen LogP contribution in [0.1, 0.15) is 39.5 Å². The fraction of sp³-hybridized carbons (Fsp3) is 0.429. The van der Waals surface area contributed by atoms with Crippen molar-refractivity contribution in [3.63, 3.8) is 0 Å². The zero-order valence-corrected chi connectivity index (χ0v) is 24.9. The molecule has 6 aliphatic rings. The maximum absolute atomic E-state index is 14.0. The molecule has 2 unspecified atom stereocenters. The molecule has 4 atom stereocenters. The van der Waals surface area contributed by atoms with E-state index in [1.807, 2.05) is 29.0 Å². The van der Waals surface area contributed by atoms with Crippen molar-refractivity contribution in [2.75, 3.05) is 30.4 Å². The van der Waals surface area contributed by atoms with Gasteiger partial charge >= 0.3 is 6.18 Å². The first-order valence-electron chi connectivity index (χ1n) is 13.7. The van der Waals surface area contributed by atoms with E-state index in [1.54, 1.807) is 23.5 Å². The Morgan fingerprint density at radius 3 is 2.65 bits per heavy atom. The number of piperidine rings is 1. The minimum Gasteiger partial charge on any atom is -0.480 e. The number of carbonyl (C=O) groups excluding carboxylic acids is 1. The molecule has 2 aliphatic carbocycles. The van der Waals surface area contributed by atoms with Crippen LogP contribution in [-0.4, -0.2) is 67.5 Å². The summed E-state index contributed by atoms with van der Waals surface area (Å²) in [5.74, 6) is 1.02. The van der Waals surface area contributed by atoms with Crippen LogP contribution in [0.25, 0.3) is 10.6 Å². The van der Waals surface area contributed by atoms with Gasteiger partial charge in [-0.1, -0.05) is 0 Å². The second-order valence-electron chi connectivity index (χ2n) is 11.7. The molecule has 1 amide bonds. The fourth-order valence-corrected chi connectivity index (χ4v) is 9.25. The lowest BCUT2D eigenvalue weighted by molar-refractivity contribution is -0.138. The average Bonchev–Trinajstić information content (AvgIpc) is 3.24. The van der Waals surface area contributed by atoms with Gasteiger partial charge in [-0.3, -0.25) is 4.79 Å². The molecule has 10 rings (SSSR count). The number of nitrogens with one attached hydrogen (secondary N) is 1. The third-order valence-electron chi connectivity index (χ3n) is 9.32. The van der Waals surface area contributed by atoms with Gasteiger partial charge in [0.15, 0.2) is 5.13 Å². The number of hydrogen-bond donors (Lipinski definition) is 1. The second-order valence-corrected chi connectivity index (χ2v) is 13.7. The molecule has 6 fully saturated rings. The van der Waals surface area contributed by atoms with E-state index in [1.165, 1.54) is 18.4 Å². The molecule has 2 saturated carbocycles. The van der Waals surface area contributed by atoms with Crippen LogP contribution in [0.5, 0.6) is 5.88 Å². The molecule has 4 aromatic heterocycles. The normalized spacial score (nSPS) is 26.7. The van der Waals surface area contributed by atoms with Gasteiger partial charge in [-0.2, -0.15) is 18.2 Å². The fourth-order valence-electron chi connectivity index (χ4n) is 7.59. The summed E-state index contributed by atoms with van der Waals surface area (Å²) in [5, 5.41) is 6.83. The number of amides is 1. The highest BCUT2D eigenvalue weighted by molar-refractivity contribution is 7.16. The number of carbonyl (C=O) groups is 1. The zero-order valence-electron chi connectivity index (χ0n) is 23.3. The Hall–Kier alpha value is -3.85. The Balaban J connectivity index is 1.02. The Morgan fingerprint density at radius 2 is 1.95 bits per heavy atom. The molecule has 222 valence electrons. The summed E-state index contributed by atoms with van der Waals surface area (Å²) in [6.07, 6.45) is -0.987. The first kappa shape index (κ1) is 26.8. The molecule has 0 radical (unpaired) electrons. The molecule has 4 aliphatic heterocycles. The quantitative estimate of drug-likeness (QED) is 0.304. The summed E-state index contributed by atoms with van der Waals surface area (Å²) in [5.41, 5.74) is 0.969. The molecule has 43 heavy (non-hydrogen) atoms. The van der Waals surface area contributed by atoms with Crippen molar-refractivity contribution in [3.8, 4) is 16.5 Å². The summed E-state index contributed by atoms with van der Waals surface area (Å²) in [6.45, 7) is 5.01. The minimum absolute atomic E-state index is 0.0771. The lowest BCUT2D eigenvalue weighted by atomic mass is 9.58. The Morgan fingerprint density at radius 1 is 1.16 bits per heavy atom. The van der Waals surface area contributed by atoms with Crippen molar-refractivity contribution in [3.05, 3.63) is 51.7 Å². The van der Waals surface area contributed by atoms with Gasteiger partial charge in [-0.25, -0.2) is 19.9 Å². The maximum Gasteiger partial charge on any atom is 0.419 e. The summed E-state index contributed by atoms with van der Waals surface area (Å²) in [6, 6.07) is 3.54. The van der Waals surface area contributed by atoms with Crippen LogP contribution in [0.15, 0.2) is 29.9 Å². The summed E-state index contributed by atoms with van der Waals surface area (Å²) < 4.78 is 44.7. The van der Waals surface area contributed by atoms with Crippen molar-refractivity contribution >= 4 is 45.5 Å². The lowest BCUT2D eigenvalue weighted by Crippen LogP contribution is -2.74. The van der Waals surface area contributed by atoms with E-state index in [0.29, 0.717) is 29.6 Å². The number of thiazole rings is 2. The number of aromatic nitrogens is 5. The standard InChI is InChI=1S/C28H25F3N8O2S2/c1-13-20(43-14(2)34-13)18-10-42-25(35-18)37-19-5-4-17(22(36-19)41-3)23(40)39-21-15-6-26(21)11-27(26,39)12-38(9-15)24-32-7-16(8-33-24)28(29,30)31/h4-5,7-8,10,15,21H,6,9,11-12H2,1-3H3,(H,35,36,37)/t15-,21-,26?,27?/m1/s1. The van der Waals surface area contributed by atoms with E-state index >= 15 is 0 Å². The second kappa shape index (κ2) is 8.85. The molecule has 4 saturated heterocycles. The van der Waals surface area contributed by atoms with E-state index < -0.39 is 11.7 Å². The molecular formula is C28H25F3N8O2S2. The minimum atomic E-state index is -4.50. The summed E-state index contributed by atoms with van der Waals surface area (Å²) in [4.78, 5) is 40.8. The average molecular weight is 627 g/mol. The number of aryl methyl sites for hydroxylation is 2. The lowest BCUT2D eigenvalue weighted by Gasteiger charge is -2.62. The number of hydrogen-bond acceptors (Lipinski definition) is 11. The number of methoxy groups -OCH3 is 1. The molecule has 0 aromatic carbocycles. The van der Waals surface area contributed by atoms with Gasteiger partial charge in [0.2, 0.25) is 11.8 Å². The first-order chi connectivity index (χ1) is 20.5. The van der Waals surface area contributed by atoms with E-state index in [9.17, 15) is 18.0 Å². The predicted octanol–water partition coefficient (Wildman–Crippen LogP) is 5.33. The van der Waals surface area contributed by atoms with E-state index in [-0.39, 0.29) is 40.6 Å². The molecule has 10 nitrogen and oxygen atoms in total. The Labute approximate surface area is 252 Å². The van der Waals surface area contributed by atoms with E-state index in [0.717, 1.165) is 46.5 Å². The van der Waals surface area contributed by atoms with Crippen LogP contribution in [-0.2, 0) is 6.18 Å². The summed E-state index contributed by atoms with van der Waals surface area (Å²) in [7, 11) is 1.49. The number of pyridine rings is 1. The van der Waals surface area contributed by atoms with Crippen molar-refractivity contribution in [2.45, 2.75) is 44.4 Å². The van der Waals surface area contributed by atoms with Gasteiger partial charge < -0.3 is 19.9 Å². The molecule has 8 heterocycles. The molecule has 2 spiro atoms. The topological polar surface area (TPSA) is 109 Å². The van der Waals surface area contributed by atoms with Crippen LogP contribution in [0, 0.1) is 25.2 Å². The number of ether oxygens (including phenoxy) is 1. The smallest absolute Gasteiger partial charge is 0.419 e. The number of rotatable bonds is 6. The third kappa shape index (κ3) is 3.76. The Bertz CT molecular complexity index is 1790. The van der Waals surface area contributed by atoms with Gasteiger partial charge in [0.05, 0.1) is 39.5 Å². The molecule has 4 aromatic rings. The van der Waals surface area contributed by atoms with Crippen molar-refractivity contribution in [1.82, 2.24) is 29.8 Å². The molecule has 4 bridgehead atoms. The van der Waals surface area contributed by atoms with Crippen molar-refractivity contribution in [1.29, 1.82) is 0 Å². The summed E-state index contributed by atoms with van der Waals surface area (Å²) >= 11 is 3.05. The van der Waals surface area contributed by atoms with Gasteiger partial charge in [0.25, 0.3) is 5.91 Å². The van der Waals surface area contributed by atoms with Crippen LogP contribution in [0.3, 0.4) is 0 Å². The third-order valence-corrected chi connectivity index (χ3v) is 11.2.